The van der Waals surface area contributed by atoms with Crippen LogP contribution in [0.5, 0.6) is 0 Å². The molecule has 2 amide bonds. The van der Waals surface area contributed by atoms with Crippen LogP contribution in [0.4, 0.5) is 5.69 Å². The molecule has 3 rings (SSSR count). The molecule has 11 heteroatoms. The van der Waals surface area contributed by atoms with E-state index in [-0.39, 0.29) is 23.1 Å². The van der Waals surface area contributed by atoms with Crippen molar-refractivity contribution in [3.8, 4) is 0 Å². The zero-order valence-corrected chi connectivity index (χ0v) is 23.6. The lowest BCUT2D eigenvalue weighted by Crippen LogP contribution is -2.56. The number of hydrogen-bond donors (Lipinski definition) is 5. The fourth-order valence-corrected chi connectivity index (χ4v) is 5.71. The largest absolute Gasteiger partial charge is 0.480 e. The Hall–Kier alpha value is -3.28. The summed E-state index contributed by atoms with van der Waals surface area (Å²) in [5.41, 5.74) is 1.28. The molecule has 2 aromatic carbocycles. The number of carboxylic acids is 1. The highest BCUT2D eigenvalue weighted by molar-refractivity contribution is 7.89. The lowest BCUT2D eigenvalue weighted by Gasteiger charge is -2.31. The van der Waals surface area contributed by atoms with Crippen molar-refractivity contribution < 1.29 is 27.9 Å². The quantitative estimate of drug-likeness (QED) is 0.300. The summed E-state index contributed by atoms with van der Waals surface area (Å²) < 4.78 is 28.4. The van der Waals surface area contributed by atoms with Crippen molar-refractivity contribution in [2.45, 2.75) is 63.9 Å². The number of piperidine rings is 1. The smallest absolute Gasteiger partial charge is 0.326 e. The molecule has 1 aliphatic heterocycles. The fraction of sp³-hybridized carbons (Fsp3) is 0.464. The van der Waals surface area contributed by atoms with Crippen molar-refractivity contribution in [1.29, 1.82) is 0 Å². The van der Waals surface area contributed by atoms with Crippen molar-refractivity contribution in [1.82, 2.24) is 15.4 Å². The molecule has 0 spiro atoms. The first kappa shape index (κ1) is 30.3. The van der Waals surface area contributed by atoms with E-state index in [1.165, 1.54) is 12.1 Å². The summed E-state index contributed by atoms with van der Waals surface area (Å²) in [5.74, 6) is -2.07. The van der Waals surface area contributed by atoms with Crippen molar-refractivity contribution in [3.63, 3.8) is 0 Å². The van der Waals surface area contributed by atoms with Crippen molar-refractivity contribution >= 4 is 33.5 Å². The molecule has 5 N–H and O–H groups in total. The number of amides is 2. The molecule has 212 valence electrons. The van der Waals surface area contributed by atoms with Gasteiger partial charge in [0.1, 0.15) is 12.1 Å². The van der Waals surface area contributed by atoms with E-state index in [4.69, 9.17) is 0 Å². The van der Waals surface area contributed by atoms with E-state index in [0.717, 1.165) is 31.5 Å². The molecular formula is C28H38N4O6S. The van der Waals surface area contributed by atoms with Gasteiger partial charge in [0.2, 0.25) is 21.8 Å². The molecule has 2 aromatic rings. The van der Waals surface area contributed by atoms with E-state index < -0.39 is 39.4 Å². The average Bonchev–Trinajstić information content (AvgIpc) is 2.88. The summed E-state index contributed by atoms with van der Waals surface area (Å²) in [4.78, 5) is 37.7. The van der Waals surface area contributed by atoms with E-state index in [1.807, 2.05) is 6.92 Å². The number of nitrogens with one attached hydrogen (secondary N) is 4. The van der Waals surface area contributed by atoms with E-state index in [2.05, 4.69) is 20.7 Å². The Morgan fingerprint density at radius 2 is 1.59 bits per heavy atom. The van der Waals surface area contributed by atoms with Gasteiger partial charge in [0.05, 0.1) is 4.90 Å². The number of benzene rings is 2. The van der Waals surface area contributed by atoms with Crippen LogP contribution in [0.1, 0.15) is 44.7 Å². The molecule has 0 bridgehead atoms. The standard InChI is InChI=1S/C28H38N4O6S/c1-18-5-11-22(12-6-18)39(37,38)32-24(28(2,3)4)26(34)31-23(27(35)36)17-19-7-9-21(10-8-19)30-25(33)20-13-15-29-16-14-20/h5-12,20,23-24,29,32H,13-17H2,1-4H3,(H,30,33)(H,31,34)(H,35,36)/t23-,24+/m0/s1. The lowest BCUT2D eigenvalue weighted by atomic mass is 9.86. The summed E-state index contributed by atoms with van der Waals surface area (Å²) in [6.45, 7) is 8.54. The summed E-state index contributed by atoms with van der Waals surface area (Å²) in [6, 6.07) is 10.5. The van der Waals surface area contributed by atoms with Crippen LogP contribution in [0.15, 0.2) is 53.4 Å². The minimum Gasteiger partial charge on any atom is -0.480 e. The Balaban J connectivity index is 1.68. The Kier molecular flexibility index (Phi) is 9.87. The van der Waals surface area contributed by atoms with Crippen LogP contribution in [-0.4, -0.2) is 56.5 Å². The van der Waals surface area contributed by atoms with Gasteiger partial charge in [0.25, 0.3) is 0 Å². The van der Waals surface area contributed by atoms with Gasteiger partial charge in [0, 0.05) is 18.0 Å². The first-order chi connectivity index (χ1) is 18.3. The van der Waals surface area contributed by atoms with Crippen LogP contribution < -0.4 is 20.7 Å². The van der Waals surface area contributed by atoms with Crippen LogP contribution in [0.2, 0.25) is 0 Å². The number of sulfonamides is 1. The van der Waals surface area contributed by atoms with Gasteiger partial charge in [-0.05, 0) is 68.1 Å². The first-order valence-corrected chi connectivity index (χ1v) is 14.5. The number of aliphatic carboxylic acids is 1. The van der Waals surface area contributed by atoms with Gasteiger partial charge in [0.15, 0.2) is 0 Å². The second kappa shape index (κ2) is 12.7. The Bertz CT molecular complexity index is 1260. The molecular weight excluding hydrogens is 520 g/mol. The number of carboxylic acid groups (broad SMARTS) is 1. The SMILES string of the molecule is Cc1ccc(S(=O)(=O)N[C@H](C(=O)N[C@@H](Cc2ccc(NC(=O)C3CCNCC3)cc2)C(=O)O)C(C)(C)C)cc1. The van der Waals surface area contributed by atoms with E-state index in [9.17, 15) is 27.9 Å². The first-order valence-electron chi connectivity index (χ1n) is 13.0. The van der Waals surface area contributed by atoms with Crippen LogP contribution >= 0.6 is 0 Å². The molecule has 1 saturated heterocycles. The maximum Gasteiger partial charge on any atom is 0.326 e. The number of rotatable bonds is 10. The van der Waals surface area contributed by atoms with Crippen LogP contribution in [0.25, 0.3) is 0 Å². The highest BCUT2D eigenvalue weighted by Crippen LogP contribution is 2.23. The van der Waals surface area contributed by atoms with Gasteiger partial charge in [-0.15, -0.1) is 0 Å². The van der Waals surface area contributed by atoms with Gasteiger partial charge >= 0.3 is 5.97 Å². The Morgan fingerprint density at radius 1 is 1.00 bits per heavy atom. The minimum atomic E-state index is -4.04. The van der Waals surface area contributed by atoms with Gasteiger partial charge in [-0.1, -0.05) is 50.6 Å². The average molecular weight is 559 g/mol. The molecule has 1 heterocycles. The third-order valence-electron chi connectivity index (χ3n) is 6.72. The van der Waals surface area contributed by atoms with E-state index in [0.29, 0.717) is 11.3 Å². The molecule has 1 fully saturated rings. The van der Waals surface area contributed by atoms with Crippen LogP contribution in [0, 0.1) is 18.3 Å². The topological polar surface area (TPSA) is 154 Å². The number of aryl methyl sites for hydroxylation is 1. The van der Waals surface area contributed by atoms with Crippen molar-refractivity contribution in [3.05, 3.63) is 59.7 Å². The molecule has 0 aromatic heterocycles. The van der Waals surface area contributed by atoms with E-state index in [1.54, 1.807) is 57.2 Å². The maximum absolute atomic E-state index is 13.2. The second-order valence-corrected chi connectivity index (χ2v) is 12.8. The summed E-state index contributed by atoms with van der Waals surface area (Å²) in [5, 5.41) is 18.4. The Labute approximate surface area is 230 Å². The van der Waals surface area contributed by atoms with E-state index >= 15 is 0 Å². The van der Waals surface area contributed by atoms with Gasteiger partial charge in [-0.3, -0.25) is 9.59 Å². The number of carbonyl (C=O) groups excluding carboxylic acids is 2. The lowest BCUT2D eigenvalue weighted by molar-refractivity contribution is -0.142. The second-order valence-electron chi connectivity index (χ2n) is 11.0. The van der Waals surface area contributed by atoms with Gasteiger partial charge in [-0.25, -0.2) is 13.2 Å². The van der Waals surface area contributed by atoms with Crippen molar-refractivity contribution in [2.75, 3.05) is 18.4 Å². The monoisotopic (exact) mass is 558 g/mol. The third-order valence-corrected chi connectivity index (χ3v) is 8.16. The molecule has 2 atom stereocenters. The zero-order valence-electron chi connectivity index (χ0n) is 22.8. The summed E-state index contributed by atoms with van der Waals surface area (Å²) in [7, 11) is -4.04. The summed E-state index contributed by atoms with van der Waals surface area (Å²) >= 11 is 0. The minimum absolute atomic E-state index is 0.0114. The highest BCUT2D eigenvalue weighted by Gasteiger charge is 2.37. The molecule has 0 unspecified atom stereocenters. The van der Waals surface area contributed by atoms with Gasteiger partial charge < -0.3 is 21.1 Å². The molecule has 39 heavy (non-hydrogen) atoms. The van der Waals surface area contributed by atoms with Crippen molar-refractivity contribution in [2.24, 2.45) is 11.3 Å². The molecule has 0 radical (unpaired) electrons. The number of hydrogen-bond acceptors (Lipinski definition) is 6. The number of anilines is 1. The normalized spacial score (nSPS) is 16.2. The van der Waals surface area contributed by atoms with Crippen LogP contribution in [-0.2, 0) is 30.8 Å². The number of carbonyl (C=O) groups is 3. The summed E-state index contributed by atoms with van der Waals surface area (Å²) in [6.07, 6.45) is 1.53. The fourth-order valence-electron chi connectivity index (χ4n) is 4.31. The highest BCUT2D eigenvalue weighted by atomic mass is 32.2. The molecule has 1 aliphatic rings. The third kappa shape index (κ3) is 8.61. The predicted molar refractivity (Wildman–Crippen MR) is 149 cm³/mol. The molecule has 10 nitrogen and oxygen atoms in total. The Morgan fingerprint density at radius 3 is 2.13 bits per heavy atom. The molecule has 0 saturated carbocycles. The zero-order chi connectivity index (χ0) is 28.8. The molecule has 0 aliphatic carbocycles. The predicted octanol–water partition coefficient (Wildman–Crippen LogP) is 2.44. The van der Waals surface area contributed by atoms with Crippen LogP contribution in [0.3, 0.4) is 0 Å². The maximum atomic E-state index is 13.2. The van der Waals surface area contributed by atoms with Gasteiger partial charge in [-0.2, -0.15) is 4.72 Å².